The van der Waals surface area contributed by atoms with Gasteiger partial charge >= 0.3 is 0 Å². The largest absolute Gasteiger partial charge is 0.315 e. The van der Waals surface area contributed by atoms with Gasteiger partial charge in [0.2, 0.25) is 0 Å². The normalized spacial score (nSPS) is 18.2. The number of likely N-dealkylation sites (N-methyl/N-ethyl adjacent to an activating group) is 1. The third-order valence-electron chi connectivity index (χ3n) is 3.83. The fraction of sp³-hybridized carbons (Fsp3) is 0.400. The summed E-state index contributed by atoms with van der Waals surface area (Å²) in [4.78, 5) is 6.51. The van der Waals surface area contributed by atoms with Crippen LogP contribution in [-0.4, -0.2) is 40.6 Å². The Morgan fingerprint density at radius 2 is 2.15 bits per heavy atom. The molecule has 1 atom stereocenters. The molecule has 1 aromatic carbocycles. The van der Waals surface area contributed by atoms with Gasteiger partial charge in [-0.25, -0.2) is 4.98 Å². The van der Waals surface area contributed by atoms with Crippen molar-refractivity contribution in [2.75, 3.05) is 20.1 Å². The summed E-state index contributed by atoms with van der Waals surface area (Å²) in [5, 5.41) is 3.41. The van der Waals surface area contributed by atoms with Gasteiger partial charge in [-0.15, -0.1) is 12.4 Å². The number of nitrogens with one attached hydrogen (secondary N) is 1. The van der Waals surface area contributed by atoms with Crippen molar-refractivity contribution in [1.29, 1.82) is 0 Å². The number of hydrogen-bond acceptors (Lipinski definition) is 3. The summed E-state index contributed by atoms with van der Waals surface area (Å²) in [6.07, 6.45) is 6.84. The van der Waals surface area contributed by atoms with Crippen LogP contribution in [-0.2, 0) is 6.54 Å². The van der Waals surface area contributed by atoms with Gasteiger partial charge < -0.3 is 9.88 Å². The lowest BCUT2D eigenvalue weighted by molar-refractivity contribution is 0.249. The maximum atomic E-state index is 4.07. The Kier molecular flexibility index (Phi) is 5.17. The molecule has 0 bridgehead atoms. The molecule has 3 rings (SSSR count). The van der Waals surface area contributed by atoms with Crippen molar-refractivity contribution in [3.05, 3.63) is 48.5 Å². The molecule has 0 amide bonds. The molecular formula is C15H21ClN4. The fourth-order valence-corrected chi connectivity index (χ4v) is 2.62. The van der Waals surface area contributed by atoms with Gasteiger partial charge in [0.05, 0.1) is 6.33 Å². The van der Waals surface area contributed by atoms with Gasteiger partial charge in [-0.3, -0.25) is 4.90 Å². The second kappa shape index (κ2) is 6.88. The molecule has 2 aromatic rings. The van der Waals surface area contributed by atoms with E-state index in [2.05, 4.69) is 46.5 Å². The van der Waals surface area contributed by atoms with Crippen LogP contribution in [0.3, 0.4) is 0 Å². The molecule has 1 aromatic heterocycles. The molecule has 108 valence electrons. The van der Waals surface area contributed by atoms with Crippen LogP contribution in [0.1, 0.15) is 12.0 Å². The Morgan fingerprint density at radius 1 is 1.35 bits per heavy atom. The molecule has 0 aliphatic carbocycles. The summed E-state index contributed by atoms with van der Waals surface area (Å²) in [6.45, 7) is 3.27. The number of nitrogens with zero attached hydrogens (tertiary/aromatic N) is 3. The lowest BCUT2D eigenvalue weighted by Crippen LogP contribution is -2.32. The molecule has 1 fully saturated rings. The van der Waals surface area contributed by atoms with Gasteiger partial charge in [-0.05, 0) is 37.7 Å². The number of halogens is 1. The topological polar surface area (TPSA) is 33.1 Å². The highest BCUT2D eigenvalue weighted by Crippen LogP contribution is 2.13. The lowest BCUT2D eigenvalue weighted by atomic mass is 10.1. The standard InChI is InChI=1S/C15H20N4.ClH/c1-18(15-6-7-16-10-15)11-13-2-4-14(5-3-13)19-9-8-17-12-19;/h2-5,8-9,12,15-16H,6-7,10-11H2,1H3;1H. The predicted molar refractivity (Wildman–Crippen MR) is 83.6 cm³/mol. The van der Waals surface area contributed by atoms with E-state index in [0.717, 1.165) is 25.3 Å². The minimum absolute atomic E-state index is 0. The molecule has 0 radical (unpaired) electrons. The molecule has 2 heterocycles. The first-order valence-corrected chi connectivity index (χ1v) is 6.81. The second-order valence-electron chi connectivity index (χ2n) is 5.20. The summed E-state index contributed by atoms with van der Waals surface area (Å²) >= 11 is 0. The van der Waals surface area contributed by atoms with E-state index in [1.165, 1.54) is 12.0 Å². The number of aromatic nitrogens is 2. The van der Waals surface area contributed by atoms with E-state index in [1.807, 2.05) is 17.1 Å². The average molecular weight is 293 g/mol. The molecule has 1 saturated heterocycles. The van der Waals surface area contributed by atoms with Crippen LogP contribution in [0.2, 0.25) is 0 Å². The van der Waals surface area contributed by atoms with Gasteiger partial charge in [0, 0.05) is 37.2 Å². The smallest absolute Gasteiger partial charge is 0.0991 e. The van der Waals surface area contributed by atoms with Crippen molar-refractivity contribution in [2.24, 2.45) is 0 Å². The van der Waals surface area contributed by atoms with Crippen molar-refractivity contribution >= 4 is 12.4 Å². The average Bonchev–Trinajstić information content (AvgIpc) is 3.13. The number of benzene rings is 1. The monoisotopic (exact) mass is 292 g/mol. The molecule has 1 unspecified atom stereocenters. The Labute approximate surface area is 126 Å². The first-order chi connectivity index (χ1) is 9.33. The fourth-order valence-electron chi connectivity index (χ4n) is 2.62. The van der Waals surface area contributed by atoms with Crippen LogP contribution in [0.15, 0.2) is 43.0 Å². The van der Waals surface area contributed by atoms with E-state index in [1.54, 1.807) is 6.20 Å². The highest BCUT2D eigenvalue weighted by atomic mass is 35.5. The Bertz CT molecular complexity index is 503. The zero-order chi connectivity index (χ0) is 13.1. The first-order valence-electron chi connectivity index (χ1n) is 6.81. The maximum absolute atomic E-state index is 4.07. The van der Waals surface area contributed by atoms with E-state index in [9.17, 15) is 0 Å². The van der Waals surface area contributed by atoms with Crippen molar-refractivity contribution in [3.63, 3.8) is 0 Å². The number of imidazole rings is 1. The van der Waals surface area contributed by atoms with E-state index in [0.29, 0.717) is 6.04 Å². The van der Waals surface area contributed by atoms with Crippen LogP contribution in [0.25, 0.3) is 5.69 Å². The van der Waals surface area contributed by atoms with E-state index >= 15 is 0 Å². The van der Waals surface area contributed by atoms with Crippen LogP contribution in [0.4, 0.5) is 0 Å². The van der Waals surface area contributed by atoms with E-state index < -0.39 is 0 Å². The highest BCUT2D eigenvalue weighted by Gasteiger charge is 2.18. The molecule has 1 N–H and O–H groups in total. The Hall–Kier alpha value is -1.36. The first kappa shape index (κ1) is 15.0. The lowest BCUT2D eigenvalue weighted by Gasteiger charge is -2.23. The summed E-state index contributed by atoms with van der Waals surface area (Å²) in [5.41, 5.74) is 2.52. The highest BCUT2D eigenvalue weighted by molar-refractivity contribution is 5.85. The molecular weight excluding hydrogens is 272 g/mol. The summed E-state index contributed by atoms with van der Waals surface area (Å²) in [6, 6.07) is 9.38. The Morgan fingerprint density at radius 3 is 2.75 bits per heavy atom. The van der Waals surface area contributed by atoms with Gasteiger partial charge in [0.25, 0.3) is 0 Å². The molecule has 5 heteroatoms. The van der Waals surface area contributed by atoms with Gasteiger partial charge in [-0.2, -0.15) is 0 Å². The molecule has 1 aliphatic heterocycles. The maximum Gasteiger partial charge on any atom is 0.0991 e. The van der Waals surface area contributed by atoms with Crippen LogP contribution in [0.5, 0.6) is 0 Å². The molecule has 0 spiro atoms. The quantitative estimate of drug-likeness (QED) is 0.937. The third kappa shape index (κ3) is 3.39. The predicted octanol–water partition coefficient (Wildman–Crippen LogP) is 2.09. The Balaban J connectivity index is 0.00000147. The van der Waals surface area contributed by atoms with Crippen molar-refractivity contribution in [2.45, 2.75) is 19.0 Å². The SMILES string of the molecule is CN(Cc1ccc(-n2ccnc2)cc1)C1CCNC1.Cl. The second-order valence-corrected chi connectivity index (χ2v) is 5.20. The van der Waals surface area contributed by atoms with Crippen molar-refractivity contribution in [3.8, 4) is 5.69 Å². The summed E-state index contributed by atoms with van der Waals surface area (Å²) < 4.78 is 2.02. The molecule has 4 nitrogen and oxygen atoms in total. The zero-order valence-electron chi connectivity index (χ0n) is 11.7. The minimum Gasteiger partial charge on any atom is -0.315 e. The third-order valence-corrected chi connectivity index (χ3v) is 3.83. The molecule has 1 aliphatic rings. The summed E-state index contributed by atoms with van der Waals surface area (Å²) in [5.74, 6) is 0. The van der Waals surface area contributed by atoms with Crippen LogP contribution < -0.4 is 5.32 Å². The number of rotatable bonds is 4. The van der Waals surface area contributed by atoms with Crippen molar-refractivity contribution < 1.29 is 0 Å². The van der Waals surface area contributed by atoms with E-state index in [-0.39, 0.29) is 12.4 Å². The zero-order valence-corrected chi connectivity index (χ0v) is 12.5. The van der Waals surface area contributed by atoms with Crippen LogP contribution in [0, 0.1) is 0 Å². The minimum atomic E-state index is 0. The van der Waals surface area contributed by atoms with Crippen molar-refractivity contribution in [1.82, 2.24) is 19.8 Å². The molecule has 0 saturated carbocycles. The number of hydrogen-bond donors (Lipinski definition) is 1. The van der Waals surface area contributed by atoms with Gasteiger partial charge in [0.15, 0.2) is 0 Å². The van der Waals surface area contributed by atoms with Crippen LogP contribution >= 0.6 is 12.4 Å². The van der Waals surface area contributed by atoms with Gasteiger partial charge in [-0.1, -0.05) is 12.1 Å². The summed E-state index contributed by atoms with van der Waals surface area (Å²) in [7, 11) is 2.21. The van der Waals surface area contributed by atoms with E-state index in [4.69, 9.17) is 0 Å². The molecule has 20 heavy (non-hydrogen) atoms. The van der Waals surface area contributed by atoms with Gasteiger partial charge in [0.1, 0.15) is 0 Å².